The SMILES string of the molecule is CCC(CC)C(=O)NC(CN)C1CCCC1. The molecule has 1 saturated carbocycles. The van der Waals surface area contributed by atoms with Gasteiger partial charge < -0.3 is 11.1 Å². The Labute approximate surface area is 99.2 Å². The van der Waals surface area contributed by atoms with Crippen molar-refractivity contribution in [2.24, 2.45) is 17.6 Å². The van der Waals surface area contributed by atoms with Crippen LogP contribution in [0.5, 0.6) is 0 Å². The first-order valence-electron chi connectivity index (χ1n) is 6.73. The summed E-state index contributed by atoms with van der Waals surface area (Å²) in [6.07, 6.45) is 6.88. The molecule has 16 heavy (non-hydrogen) atoms. The fourth-order valence-corrected chi connectivity index (χ4v) is 2.69. The first kappa shape index (κ1) is 13.5. The zero-order chi connectivity index (χ0) is 12.0. The van der Waals surface area contributed by atoms with Gasteiger partial charge >= 0.3 is 0 Å². The zero-order valence-corrected chi connectivity index (χ0v) is 10.7. The lowest BCUT2D eigenvalue weighted by Crippen LogP contribution is -2.46. The van der Waals surface area contributed by atoms with Crippen molar-refractivity contribution >= 4 is 5.91 Å². The molecule has 0 aromatic heterocycles. The molecular weight excluding hydrogens is 200 g/mol. The molecule has 0 aliphatic heterocycles. The van der Waals surface area contributed by atoms with Crippen LogP contribution in [0, 0.1) is 11.8 Å². The van der Waals surface area contributed by atoms with E-state index in [9.17, 15) is 4.79 Å². The van der Waals surface area contributed by atoms with Crippen LogP contribution in [-0.4, -0.2) is 18.5 Å². The van der Waals surface area contributed by atoms with Gasteiger partial charge in [-0.25, -0.2) is 0 Å². The monoisotopic (exact) mass is 226 g/mol. The molecule has 1 atom stereocenters. The summed E-state index contributed by atoms with van der Waals surface area (Å²) in [6.45, 7) is 4.72. The van der Waals surface area contributed by atoms with Crippen molar-refractivity contribution in [1.82, 2.24) is 5.32 Å². The topological polar surface area (TPSA) is 55.1 Å². The highest BCUT2D eigenvalue weighted by Gasteiger charge is 2.26. The van der Waals surface area contributed by atoms with Crippen molar-refractivity contribution in [2.45, 2.75) is 58.4 Å². The second kappa shape index (κ2) is 6.89. The summed E-state index contributed by atoms with van der Waals surface area (Å²) in [5.74, 6) is 0.978. The molecule has 0 bridgehead atoms. The molecule has 94 valence electrons. The summed E-state index contributed by atoms with van der Waals surface area (Å²) in [6, 6.07) is 0.204. The van der Waals surface area contributed by atoms with Gasteiger partial charge in [-0.05, 0) is 31.6 Å². The lowest BCUT2D eigenvalue weighted by molar-refractivity contribution is -0.126. The van der Waals surface area contributed by atoms with Gasteiger partial charge in [-0.2, -0.15) is 0 Å². The van der Waals surface area contributed by atoms with E-state index in [1.165, 1.54) is 25.7 Å². The van der Waals surface area contributed by atoms with Crippen LogP contribution >= 0.6 is 0 Å². The van der Waals surface area contributed by atoms with Gasteiger partial charge in [-0.3, -0.25) is 4.79 Å². The highest BCUT2D eigenvalue weighted by atomic mass is 16.1. The molecular formula is C13H26N2O. The maximum absolute atomic E-state index is 12.0. The van der Waals surface area contributed by atoms with Crippen LogP contribution in [0.4, 0.5) is 0 Å². The molecule has 0 saturated heterocycles. The van der Waals surface area contributed by atoms with Gasteiger partial charge in [0.25, 0.3) is 0 Å². The Kier molecular flexibility index (Phi) is 5.81. The van der Waals surface area contributed by atoms with E-state index in [0.29, 0.717) is 12.5 Å². The molecule has 1 aliphatic rings. The molecule has 3 nitrogen and oxygen atoms in total. The fourth-order valence-electron chi connectivity index (χ4n) is 2.69. The average Bonchev–Trinajstić information content (AvgIpc) is 2.81. The molecule has 0 spiro atoms. The molecule has 1 unspecified atom stereocenters. The van der Waals surface area contributed by atoms with E-state index in [0.717, 1.165) is 12.8 Å². The minimum atomic E-state index is 0.162. The Hall–Kier alpha value is -0.570. The largest absolute Gasteiger partial charge is 0.352 e. The van der Waals surface area contributed by atoms with Crippen LogP contribution in [0.3, 0.4) is 0 Å². The van der Waals surface area contributed by atoms with Crippen molar-refractivity contribution < 1.29 is 4.79 Å². The summed E-state index contributed by atoms with van der Waals surface area (Å²) in [4.78, 5) is 12.0. The molecule has 1 aliphatic carbocycles. The Balaban J connectivity index is 2.45. The summed E-state index contributed by atoms with van der Waals surface area (Å²) < 4.78 is 0. The Morgan fingerprint density at radius 3 is 2.31 bits per heavy atom. The van der Waals surface area contributed by atoms with Gasteiger partial charge in [0.05, 0.1) is 0 Å². The first-order chi connectivity index (χ1) is 7.72. The number of amides is 1. The summed E-state index contributed by atoms with van der Waals surface area (Å²) in [5, 5.41) is 3.15. The minimum absolute atomic E-state index is 0.162. The maximum atomic E-state index is 12.0. The first-order valence-corrected chi connectivity index (χ1v) is 6.73. The lowest BCUT2D eigenvalue weighted by atomic mass is 9.96. The van der Waals surface area contributed by atoms with E-state index in [-0.39, 0.29) is 17.9 Å². The van der Waals surface area contributed by atoms with E-state index in [4.69, 9.17) is 5.73 Å². The molecule has 0 aromatic carbocycles. The number of carbonyl (C=O) groups is 1. The van der Waals surface area contributed by atoms with Crippen molar-refractivity contribution in [3.8, 4) is 0 Å². The van der Waals surface area contributed by atoms with E-state index in [1.807, 2.05) is 0 Å². The third-order valence-electron chi connectivity index (χ3n) is 3.91. The highest BCUT2D eigenvalue weighted by molar-refractivity contribution is 5.78. The predicted octanol–water partition coefficient (Wildman–Crippen LogP) is 2.06. The quantitative estimate of drug-likeness (QED) is 0.728. The van der Waals surface area contributed by atoms with E-state index in [2.05, 4.69) is 19.2 Å². The Morgan fingerprint density at radius 2 is 1.88 bits per heavy atom. The van der Waals surface area contributed by atoms with Gasteiger partial charge in [-0.1, -0.05) is 26.7 Å². The van der Waals surface area contributed by atoms with E-state index >= 15 is 0 Å². The molecule has 3 N–H and O–H groups in total. The molecule has 0 aromatic rings. The number of carbonyl (C=O) groups excluding carboxylic acids is 1. The summed E-state index contributed by atoms with van der Waals surface area (Å²) in [7, 11) is 0. The van der Waals surface area contributed by atoms with Crippen molar-refractivity contribution in [3.05, 3.63) is 0 Å². The molecule has 1 fully saturated rings. The van der Waals surface area contributed by atoms with Crippen molar-refractivity contribution in [2.75, 3.05) is 6.54 Å². The second-order valence-electron chi connectivity index (χ2n) is 4.91. The van der Waals surface area contributed by atoms with Gasteiger partial charge in [0.15, 0.2) is 0 Å². The third-order valence-corrected chi connectivity index (χ3v) is 3.91. The second-order valence-corrected chi connectivity index (χ2v) is 4.91. The summed E-state index contributed by atoms with van der Waals surface area (Å²) in [5.41, 5.74) is 5.77. The highest BCUT2D eigenvalue weighted by Crippen LogP contribution is 2.27. The molecule has 3 heteroatoms. The normalized spacial score (nSPS) is 19.0. The average molecular weight is 226 g/mol. The van der Waals surface area contributed by atoms with Crippen LogP contribution in [0.1, 0.15) is 52.4 Å². The summed E-state index contributed by atoms with van der Waals surface area (Å²) >= 11 is 0. The zero-order valence-electron chi connectivity index (χ0n) is 10.7. The third kappa shape index (κ3) is 3.48. The van der Waals surface area contributed by atoms with E-state index < -0.39 is 0 Å². The molecule has 1 rings (SSSR count). The number of hydrogen-bond acceptors (Lipinski definition) is 2. The minimum Gasteiger partial charge on any atom is -0.352 e. The standard InChI is InChI=1S/C13H26N2O/c1-3-10(4-2)13(16)15-12(9-14)11-7-5-6-8-11/h10-12H,3-9,14H2,1-2H3,(H,15,16). The number of nitrogens with two attached hydrogens (primary N) is 1. The number of nitrogens with one attached hydrogen (secondary N) is 1. The van der Waals surface area contributed by atoms with Crippen molar-refractivity contribution in [1.29, 1.82) is 0 Å². The van der Waals surface area contributed by atoms with Crippen LogP contribution in [0.15, 0.2) is 0 Å². The lowest BCUT2D eigenvalue weighted by Gasteiger charge is -2.25. The van der Waals surface area contributed by atoms with Gasteiger partial charge in [0, 0.05) is 18.5 Å². The maximum Gasteiger partial charge on any atom is 0.223 e. The molecule has 1 amide bonds. The number of hydrogen-bond donors (Lipinski definition) is 2. The fraction of sp³-hybridized carbons (Fsp3) is 0.923. The van der Waals surface area contributed by atoms with Crippen LogP contribution in [-0.2, 0) is 4.79 Å². The Morgan fingerprint density at radius 1 is 1.31 bits per heavy atom. The van der Waals surface area contributed by atoms with Crippen LogP contribution < -0.4 is 11.1 Å². The Bertz CT molecular complexity index is 208. The van der Waals surface area contributed by atoms with Crippen LogP contribution in [0.25, 0.3) is 0 Å². The molecule has 0 radical (unpaired) electrons. The van der Waals surface area contributed by atoms with Crippen molar-refractivity contribution in [3.63, 3.8) is 0 Å². The van der Waals surface area contributed by atoms with E-state index in [1.54, 1.807) is 0 Å². The van der Waals surface area contributed by atoms with Gasteiger partial charge in [0.1, 0.15) is 0 Å². The van der Waals surface area contributed by atoms with Crippen LogP contribution in [0.2, 0.25) is 0 Å². The molecule has 0 heterocycles. The predicted molar refractivity (Wildman–Crippen MR) is 67.0 cm³/mol. The van der Waals surface area contributed by atoms with Gasteiger partial charge in [-0.15, -0.1) is 0 Å². The van der Waals surface area contributed by atoms with Gasteiger partial charge in [0.2, 0.25) is 5.91 Å². The smallest absolute Gasteiger partial charge is 0.223 e. The number of rotatable bonds is 6.